The van der Waals surface area contributed by atoms with Gasteiger partial charge in [-0.25, -0.2) is 9.78 Å². The normalized spacial score (nSPS) is 11.8. The summed E-state index contributed by atoms with van der Waals surface area (Å²) in [5.74, 6) is -0.894. The molecule has 6 heteroatoms. The quantitative estimate of drug-likeness (QED) is 0.469. The van der Waals surface area contributed by atoms with Gasteiger partial charge in [0, 0.05) is 15.4 Å². The molecule has 1 atom stereocenters. The zero-order valence-corrected chi connectivity index (χ0v) is 16.3. The van der Waals surface area contributed by atoms with E-state index < -0.39 is 17.9 Å². The summed E-state index contributed by atoms with van der Waals surface area (Å²) in [6.45, 7) is 0. The molecule has 0 saturated heterocycles. The summed E-state index contributed by atoms with van der Waals surface area (Å²) in [4.78, 5) is 29.1. The number of hydrogen-bond acceptors (Lipinski definition) is 4. The molecule has 0 fully saturated rings. The predicted molar refractivity (Wildman–Crippen MR) is 108 cm³/mol. The van der Waals surface area contributed by atoms with Crippen molar-refractivity contribution in [2.75, 3.05) is 7.11 Å². The molecule has 0 aliphatic heterocycles. The fraction of sp³-hybridized carbons (Fsp3) is 0.150. The van der Waals surface area contributed by atoms with Gasteiger partial charge in [-0.2, -0.15) is 0 Å². The number of carbonyl (C=O) groups excluding carboxylic acids is 2. The van der Waals surface area contributed by atoms with Crippen molar-refractivity contribution in [2.45, 2.75) is 12.5 Å². The lowest BCUT2D eigenvalue weighted by Gasteiger charge is -2.16. The predicted octanol–water partition coefficient (Wildman–Crippen LogP) is 3.35. The van der Waals surface area contributed by atoms with Gasteiger partial charge < -0.3 is 10.1 Å². The largest absolute Gasteiger partial charge is 0.467 e. The van der Waals surface area contributed by atoms with Crippen molar-refractivity contribution in [3.63, 3.8) is 0 Å². The lowest BCUT2D eigenvalue weighted by molar-refractivity contribution is -0.142. The number of methoxy groups -OCH3 is 1. The van der Waals surface area contributed by atoms with Crippen molar-refractivity contribution in [3.05, 3.63) is 75.5 Å². The summed E-state index contributed by atoms with van der Waals surface area (Å²) < 4.78 is 5.91. The fourth-order valence-electron chi connectivity index (χ4n) is 2.66. The maximum Gasteiger partial charge on any atom is 0.328 e. The number of pyridine rings is 1. The molecule has 2 aromatic carbocycles. The Bertz CT molecular complexity index is 958. The Balaban J connectivity index is 1.80. The van der Waals surface area contributed by atoms with E-state index >= 15 is 0 Å². The number of hydrogen-bond donors (Lipinski definition) is 1. The average molecular weight is 460 g/mol. The number of aromatic nitrogens is 1. The summed E-state index contributed by atoms with van der Waals surface area (Å²) in [6, 6.07) is 18.0. The number of para-hydroxylation sites is 1. The number of nitrogens with zero attached hydrogens (tertiary/aromatic N) is 1. The first-order chi connectivity index (χ1) is 12.6. The number of carbonyl (C=O) groups is 2. The van der Waals surface area contributed by atoms with Gasteiger partial charge in [0.1, 0.15) is 11.7 Å². The Morgan fingerprint density at radius 2 is 1.92 bits per heavy atom. The van der Waals surface area contributed by atoms with Gasteiger partial charge in [-0.15, -0.1) is 0 Å². The average Bonchev–Trinajstić information content (AvgIpc) is 2.66. The van der Waals surface area contributed by atoms with Gasteiger partial charge in [0.05, 0.1) is 12.6 Å². The Kier molecular flexibility index (Phi) is 5.82. The number of halogens is 1. The molecule has 0 spiro atoms. The van der Waals surface area contributed by atoms with Gasteiger partial charge in [-0.1, -0.05) is 36.4 Å². The van der Waals surface area contributed by atoms with Crippen LogP contribution in [0.1, 0.15) is 16.1 Å². The van der Waals surface area contributed by atoms with Crippen LogP contribution in [0.15, 0.2) is 60.7 Å². The number of benzene rings is 2. The van der Waals surface area contributed by atoms with Gasteiger partial charge in [-0.05, 0) is 52.4 Å². The van der Waals surface area contributed by atoms with Gasteiger partial charge in [0.15, 0.2) is 0 Å². The minimum atomic E-state index is -0.779. The van der Waals surface area contributed by atoms with Crippen molar-refractivity contribution in [1.82, 2.24) is 10.3 Å². The number of nitrogens with one attached hydrogen (secondary N) is 1. The highest BCUT2D eigenvalue weighted by Gasteiger charge is 2.23. The molecule has 1 amide bonds. The Hall–Kier alpha value is -2.48. The second-order valence-corrected chi connectivity index (χ2v) is 7.02. The zero-order valence-electron chi connectivity index (χ0n) is 14.1. The van der Waals surface area contributed by atoms with E-state index in [2.05, 4.69) is 32.9 Å². The number of ether oxygens (including phenoxy) is 1. The minimum absolute atomic E-state index is 0.264. The van der Waals surface area contributed by atoms with E-state index in [1.807, 2.05) is 54.6 Å². The molecule has 3 rings (SSSR count). The van der Waals surface area contributed by atoms with Crippen molar-refractivity contribution < 1.29 is 14.3 Å². The molecule has 0 bridgehead atoms. The van der Waals surface area contributed by atoms with Crippen molar-refractivity contribution >= 4 is 45.4 Å². The van der Waals surface area contributed by atoms with E-state index in [4.69, 9.17) is 4.74 Å². The molecule has 0 aliphatic rings. The number of esters is 1. The Morgan fingerprint density at radius 3 is 2.69 bits per heavy atom. The highest BCUT2D eigenvalue weighted by Crippen LogP contribution is 2.13. The van der Waals surface area contributed by atoms with E-state index in [1.165, 1.54) is 7.11 Å². The molecule has 26 heavy (non-hydrogen) atoms. The SMILES string of the molecule is COC(=O)[C@H](Cc1cccc(I)c1)NC(=O)c1ccc2ccccc2n1. The summed E-state index contributed by atoms with van der Waals surface area (Å²) in [7, 11) is 1.31. The van der Waals surface area contributed by atoms with Crippen LogP contribution < -0.4 is 5.32 Å². The second kappa shape index (κ2) is 8.27. The summed E-state index contributed by atoms with van der Waals surface area (Å²) >= 11 is 2.21. The summed E-state index contributed by atoms with van der Waals surface area (Å²) in [5.41, 5.74) is 1.94. The molecule has 1 aromatic heterocycles. The number of rotatable bonds is 5. The zero-order chi connectivity index (χ0) is 18.5. The molecule has 1 N–H and O–H groups in total. The molecule has 1 heterocycles. The first kappa shape index (κ1) is 18.3. The Morgan fingerprint density at radius 1 is 1.12 bits per heavy atom. The van der Waals surface area contributed by atoms with Gasteiger partial charge in [-0.3, -0.25) is 4.79 Å². The van der Waals surface area contributed by atoms with Crippen molar-refractivity contribution in [2.24, 2.45) is 0 Å². The van der Waals surface area contributed by atoms with Gasteiger partial charge in [0.25, 0.3) is 5.91 Å². The fourth-order valence-corrected chi connectivity index (χ4v) is 3.27. The molecule has 132 valence electrons. The van der Waals surface area contributed by atoms with E-state index in [0.717, 1.165) is 20.0 Å². The van der Waals surface area contributed by atoms with Crippen LogP contribution in [0, 0.1) is 3.57 Å². The van der Waals surface area contributed by atoms with Crippen LogP contribution in [-0.4, -0.2) is 30.0 Å². The van der Waals surface area contributed by atoms with Crippen molar-refractivity contribution in [1.29, 1.82) is 0 Å². The highest BCUT2D eigenvalue weighted by molar-refractivity contribution is 14.1. The third-order valence-electron chi connectivity index (χ3n) is 3.95. The summed E-state index contributed by atoms with van der Waals surface area (Å²) in [5, 5.41) is 3.69. The van der Waals surface area contributed by atoms with E-state index in [-0.39, 0.29) is 5.69 Å². The maximum absolute atomic E-state index is 12.6. The number of fused-ring (bicyclic) bond motifs is 1. The van der Waals surface area contributed by atoms with E-state index in [1.54, 1.807) is 6.07 Å². The minimum Gasteiger partial charge on any atom is -0.467 e. The smallest absolute Gasteiger partial charge is 0.328 e. The van der Waals surface area contributed by atoms with Crippen LogP contribution >= 0.6 is 22.6 Å². The van der Waals surface area contributed by atoms with Crippen LogP contribution in [0.2, 0.25) is 0 Å². The lowest BCUT2D eigenvalue weighted by atomic mass is 10.1. The summed E-state index contributed by atoms with van der Waals surface area (Å²) in [6.07, 6.45) is 0.350. The van der Waals surface area contributed by atoms with E-state index in [0.29, 0.717) is 6.42 Å². The number of amides is 1. The molecular weight excluding hydrogens is 443 g/mol. The van der Waals surface area contributed by atoms with Crippen LogP contribution in [0.3, 0.4) is 0 Å². The van der Waals surface area contributed by atoms with Crippen LogP contribution in [0.5, 0.6) is 0 Å². The molecule has 0 radical (unpaired) electrons. The Labute approximate surface area is 164 Å². The lowest BCUT2D eigenvalue weighted by Crippen LogP contribution is -2.43. The van der Waals surface area contributed by atoms with Crippen molar-refractivity contribution in [3.8, 4) is 0 Å². The molecule has 5 nitrogen and oxygen atoms in total. The van der Waals surface area contributed by atoms with Crippen LogP contribution in [0.25, 0.3) is 10.9 Å². The second-order valence-electron chi connectivity index (χ2n) is 5.77. The topological polar surface area (TPSA) is 68.3 Å². The van der Waals surface area contributed by atoms with Crippen LogP contribution in [-0.2, 0) is 16.0 Å². The first-order valence-electron chi connectivity index (χ1n) is 8.06. The first-order valence-corrected chi connectivity index (χ1v) is 9.13. The molecule has 0 unspecified atom stereocenters. The maximum atomic E-state index is 12.6. The molecular formula is C20H17IN2O3. The van der Waals surface area contributed by atoms with Gasteiger partial charge >= 0.3 is 5.97 Å². The molecule has 0 aliphatic carbocycles. The standard InChI is InChI=1S/C20H17IN2O3/c1-26-20(25)18(12-13-5-4-7-15(21)11-13)23-19(24)17-10-9-14-6-2-3-8-16(14)22-17/h2-11,18H,12H2,1H3,(H,23,24)/t18-/m0/s1. The third-order valence-corrected chi connectivity index (χ3v) is 4.62. The highest BCUT2D eigenvalue weighted by atomic mass is 127. The van der Waals surface area contributed by atoms with Gasteiger partial charge in [0.2, 0.25) is 0 Å². The van der Waals surface area contributed by atoms with Crippen LogP contribution in [0.4, 0.5) is 0 Å². The molecule has 3 aromatic rings. The van der Waals surface area contributed by atoms with E-state index in [9.17, 15) is 9.59 Å². The monoisotopic (exact) mass is 460 g/mol. The third kappa shape index (κ3) is 4.37. The molecule has 0 saturated carbocycles.